The Morgan fingerprint density at radius 2 is 2.08 bits per heavy atom. The number of nitrogen functional groups attached to an aromatic ring is 1. The van der Waals surface area contributed by atoms with Crippen molar-refractivity contribution in [1.82, 2.24) is 4.98 Å². The third-order valence-corrected chi connectivity index (χ3v) is 3.64. The van der Waals surface area contributed by atoms with E-state index in [2.05, 4.69) is 10.3 Å². The maximum absolute atomic E-state index is 13.0. The Balaban J connectivity index is 2.39. The molecule has 0 saturated carbocycles. The van der Waals surface area contributed by atoms with Crippen LogP contribution in [0.1, 0.15) is 30.6 Å². The molecule has 132 valence electrons. The zero-order chi connectivity index (χ0) is 18.4. The van der Waals surface area contributed by atoms with Crippen LogP contribution in [0.15, 0.2) is 42.6 Å². The third-order valence-electron chi connectivity index (χ3n) is 3.64. The molecule has 2 rings (SSSR count). The second-order valence-electron chi connectivity index (χ2n) is 5.36. The Hall–Kier alpha value is -3.09. The van der Waals surface area contributed by atoms with Gasteiger partial charge in [0.05, 0.1) is 11.4 Å². The van der Waals surface area contributed by atoms with Gasteiger partial charge in [-0.1, -0.05) is 13.0 Å². The summed E-state index contributed by atoms with van der Waals surface area (Å²) in [4.78, 5) is 30.2. The molecule has 7 nitrogen and oxygen atoms in total. The second-order valence-corrected chi connectivity index (χ2v) is 5.36. The summed E-state index contributed by atoms with van der Waals surface area (Å²) < 4.78 is 5.32. The molecule has 1 heterocycles. The molecule has 0 saturated heterocycles. The number of pyridine rings is 1. The molecule has 0 radical (unpaired) electrons. The Bertz CT molecular complexity index is 749. The number of nitrogens with two attached hydrogens (primary N) is 1. The fraction of sp³-hybridized carbons (Fsp3) is 0.278. The van der Waals surface area contributed by atoms with Crippen molar-refractivity contribution in [2.45, 2.75) is 26.5 Å². The summed E-state index contributed by atoms with van der Waals surface area (Å²) in [5.41, 5.74) is 7.51. The van der Waals surface area contributed by atoms with E-state index in [1.807, 2.05) is 0 Å². The minimum Gasteiger partial charge on any atom is -0.441 e. The van der Waals surface area contributed by atoms with Crippen LogP contribution in [-0.2, 0) is 9.53 Å². The van der Waals surface area contributed by atoms with Crippen molar-refractivity contribution in [3.8, 4) is 0 Å². The monoisotopic (exact) mass is 342 g/mol. The lowest BCUT2D eigenvalue weighted by atomic mass is 10.1. The van der Waals surface area contributed by atoms with Gasteiger partial charge in [-0.25, -0.2) is 4.98 Å². The number of hydrogen-bond donors (Lipinski definition) is 2. The van der Waals surface area contributed by atoms with Gasteiger partial charge in [-0.15, -0.1) is 0 Å². The van der Waals surface area contributed by atoms with Gasteiger partial charge in [0.15, 0.2) is 6.23 Å². The minimum atomic E-state index is -0.806. The van der Waals surface area contributed by atoms with E-state index in [9.17, 15) is 9.59 Å². The Morgan fingerprint density at radius 1 is 1.32 bits per heavy atom. The van der Waals surface area contributed by atoms with E-state index in [-0.39, 0.29) is 12.3 Å². The summed E-state index contributed by atoms with van der Waals surface area (Å²) >= 11 is 0. The average Bonchev–Trinajstić information content (AvgIpc) is 2.62. The number of anilines is 3. The van der Waals surface area contributed by atoms with E-state index in [1.54, 1.807) is 63.5 Å². The van der Waals surface area contributed by atoms with Crippen LogP contribution in [0.5, 0.6) is 0 Å². The first-order valence-electron chi connectivity index (χ1n) is 7.99. The summed E-state index contributed by atoms with van der Waals surface area (Å²) in [5.74, 6) is -0.365. The van der Waals surface area contributed by atoms with Gasteiger partial charge in [-0.3, -0.25) is 14.5 Å². The van der Waals surface area contributed by atoms with Crippen molar-refractivity contribution >= 4 is 29.1 Å². The standard InChI is InChI=1S/C18H22N4O3/c1-4-17(23)25-12(2)22(16-7-5-6-10-21-16)18(24)13-8-9-15(20-3)14(19)11-13/h5-12,20H,4,19H2,1-3H3. The van der Waals surface area contributed by atoms with Crippen LogP contribution in [0.4, 0.5) is 17.2 Å². The summed E-state index contributed by atoms with van der Waals surface area (Å²) in [6.07, 6.45) is 0.987. The highest BCUT2D eigenvalue weighted by Crippen LogP contribution is 2.23. The molecule has 1 unspecified atom stereocenters. The van der Waals surface area contributed by atoms with Crippen LogP contribution < -0.4 is 16.0 Å². The fourth-order valence-corrected chi connectivity index (χ4v) is 2.34. The molecule has 0 fully saturated rings. The molecule has 7 heteroatoms. The maximum atomic E-state index is 13.0. The van der Waals surface area contributed by atoms with Crippen LogP contribution in [0.3, 0.4) is 0 Å². The number of nitrogens with one attached hydrogen (secondary N) is 1. The van der Waals surface area contributed by atoms with Gasteiger partial charge in [0.1, 0.15) is 5.82 Å². The molecule has 1 aromatic heterocycles. The molecule has 0 aliphatic heterocycles. The number of esters is 1. The summed E-state index contributed by atoms with van der Waals surface area (Å²) in [6.45, 7) is 3.32. The fourth-order valence-electron chi connectivity index (χ4n) is 2.34. The first kappa shape index (κ1) is 18.3. The Kier molecular flexibility index (Phi) is 5.94. The largest absolute Gasteiger partial charge is 0.441 e. The molecular weight excluding hydrogens is 320 g/mol. The first-order chi connectivity index (χ1) is 12.0. The van der Waals surface area contributed by atoms with Gasteiger partial charge in [-0.2, -0.15) is 0 Å². The van der Waals surface area contributed by atoms with Crippen LogP contribution in [0, 0.1) is 0 Å². The maximum Gasteiger partial charge on any atom is 0.307 e. The topological polar surface area (TPSA) is 97.5 Å². The highest BCUT2D eigenvalue weighted by Gasteiger charge is 2.27. The SMILES string of the molecule is CCC(=O)OC(C)N(C(=O)c1ccc(NC)c(N)c1)c1ccccn1. The number of nitrogens with zero attached hydrogens (tertiary/aromatic N) is 2. The van der Waals surface area contributed by atoms with E-state index in [0.29, 0.717) is 17.1 Å². The van der Waals surface area contributed by atoms with Crippen LogP contribution in [-0.4, -0.2) is 30.1 Å². The molecule has 2 aromatic rings. The number of ether oxygens (including phenoxy) is 1. The molecule has 0 spiro atoms. The predicted octanol–water partition coefficient (Wildman–Crippen LogP) is 2.65. The minimum absolute atomic E-state index is 0.221. The zero-order valence-electron chi connectivity index (χ0n) is 14.5. The summed E-state index contributed by atoms with van der Waals surface area (Å²) in [7, 11) is 1.75. The van der Waals surface area contributed by atoms with Crippen LogP contribution in [0.25, 0.3) is 0 Å². The van der Waals surface area contributed by atoms with Crippen molar-refractivity contribution in [1.29, 1.82) is 0 Å². The average molecular weight is 342 g/mol. The molecular formula is C18H22N4O3. The Morgan fingerprint density at radius 3 is 2.64 bits per heavy atom. The first-order valence-corrected chi connectivity index (χ1v) is 7.99. The van der Waals surface area contributed by atoms with Gasteiger partial charge in [0.2, 0.25) is 0 Å². The molecule has 0 aliphatic carbocycles. The summed E-state index contributed by atoms with van der Waals surface area (Å²) in [5, 5.41) is 2.95. The van der Waals surface area contributed by atoms with Crippen molar-refractivity contribution in [2.75, 3.05) is 23.0 Å². The third kappa shape index (κ3) is 4.26. The molecule has 25 heavy (non-hydrogen) atoms. The van der Waals surface area contributed by atoms with Crippen molar-refractivity contribution in [3.63, 3.8) is 0 Å². The van der Waals surface area contributed by atoms with E-state index in [1.165, 1.54) is 4.90 Å². The molecule has 0 bridgehead atoms. The smallest absolute Gasteiger partial charge is 0.307 e. The van der Waals surface area contributed by atoms with Gasteiger partial charge >= 0.3 is 5.97 Å². The zero-order valence-corrected chi connectivity index (χ0v) is 14.5. The van der Waals surface area contributed by atoms with Gasteiger partial charge in [0, 0.05) is 25.2 Å². The van der Waals surface area contributed by atoms with E-state index in [0.717, 1.165) is 5.69 Å². The molecule has 1 atom stereocenters. The highest BCUT2D eigenvalue weighted by molar-refractivity contribution is 6.06. The second kappa shape index (κ2) is 8.14. The molecule has 0 aliphatic rings. The van der Waals surface area contributed by atoms with Crippen molar-refractivity contribution in [2.24, 2.45) is 0 Å². The summed E-state index contributed by atoms with van der Waals surface area (Å²) in [6, 6.07) is 10.2. The quantitative estimate of drug-likeness (QED) is 0.476. The molecule has 1 aromatic carbocycles. The number of amides is 1. The van der Waals surface area contributed by atoms with E-state index >= 15 is 0 Å². The lowest BCUT2D eigenvalue weighted by Crippen LogP contribution is -2.42. The van der Waals surface area contributed by atoms with E-state index < -0.39 is 12.2 Å². The number of carbonyl (C=O) groups excluding carboxylic acids is 2. The molecule has 1 amide bonds. The van der Waals surface area contributed by atoms with Crippen molar-refractivity contribution < 1.29 is 14.3 Å². The van der Waals surface area contributed by atoms with E-state index in [4.69, 9.17) is 10.5 Å². The molecule has 3 N–H and O–H groups in total. The number of rotatable bonds is 6. The lowest BCUT2D eigenvalue weighted by Gasteiger charge is -2.28. The van der Waals surface area contributed by atoms with Crippen molar-refractivity contribution in [3.05, 3.63) is 48.2 Å². The lowest BCUT2D eigenvalue weighted by molar-refractivity contribution is -0.147. The highest BCUT2D eigenvalue weighted by atomic mass is 16.6. The van der Waals surface area contributed by atoms with Gasteiger partial charge in [-0.05, 0) is 37.3 Å². The number of aromatic nitrogens is 1. The number of hydrogen-bond acceptors (Lipinski definition) is 6. The van der Waals surface area contributed by atoms with Crippen LogP contribution >= 0.6 is 0 Å². The number of carbonyl (C=O) groups is 2. The number of benzene rings is 1. The normalized spacial score (nSPS) is 11.5. The van der Waals surface area contributed by atoms with Gasteiger partial charge in [0.25, 0.3) is 5.91 Å². The predicted molar refractivity (Wildman–Crippen MR) is 97.3 cm³/mol. The van der Waals surface area contributed by atoms with Gasteiger partial charge < -0.3 is 15.8 Å². The Labute approximate surface area is 146 Å². The van der Waals surface area contributed by atoms with Crippen LogP contribution in [0.2, 0.25) is 0 Å².